The Morgan fingerprint density at radius 1 is 1.45 bits per heavy atom. The van der Waals surface area contributed by atoms with Crippen LogP contribution in [0.4, 0.5) is 0 Å². The second-order valence-electron chi connectivity index (χ2n) is 4.98. The maximum absolute atomic E-state index is 12.6. The zero-order chi connectivity index (χ0) is 14.9. The van der Waals surface area contributed by atoms with E-state index in [-0.39, 0.29) is 28.7 Å². The van der Waals surface area contributed by atoms with Crippen LogP contribution in [0.1, 0.15) is 19.4 Å². The van der Waals surface area contributed by atoms with Gasteiger partial charge in [-0.25, -0.2) is 8.42 Å². The summed E-state index contributed by atoms with van der Waals surface area (Å²) >= 11 is 5.97. The first-order valence-electron chi connectivity index (χ1n) is 6.39. The summed E-state index contributed by atoms with van der Waals surface area (Å²) in [5, 5.41) is 9.33. The smallest absolute Gasteiger partial charge is 0.243 e. The Hall–Kier alpha value is -0.660. The van der Waals surface area contributed by atoms with Crippen LogP contribution in [0.25, 0.3) is 0 Å². The minimum Gasteiger partial charge on any atom is -0.392 e. The Balaban J connectivity index is 2.36. The molecule has 20 heavy (non-hydrogen) atoms. The van der Waals surface area contributed by atoms with E-state index in [0.29, 0.717) is 18.7 Å². The Morgan fingerprint density at radius 3 is 2.75 bits per heavy atom. The molecule has 7 heteroatoms. The summed E-state index contributed by atoms with van der Waals surface area (Å²) in [6.45, 7) is 4.14. The molecule has 0 spiro atoms. The van der Waals surface area contributed by atoms with E-state index in [9.17, 15) is 8.42 Å². The molecule has 1 aromatic rings. The summed E-state index contributed by atoms with van der Waals surface area (Å²) in [6, 6.07) is 4.17. The fourth-order valence-corrected chi connectivity index (χ4v) is 4.18. The summed E-state index contributed by atoms with van der Waals surface area (Å²) in [5.41, 5.74) is 0.508. The molecule has 2 unspecified atom stereocenters. The zero-order valence-electron chi connectivity index (χ0n) is 11.4. The highest BCUT2D eigenvalue weighted by Crippen LogP contribution is 2.26. The molecule has 1 aromatic carbocycles. The molecule has 0 radical (unpaired) electrons. The zero-order valence-corrected chi connectivity index (χ0v) is 13.0. The third-order valence-corrected chi connectivity index (χ3v) is 5.68. The van der Waals surface area contributed by atoms with Crippen molar-refractivity contribution >= 4 is 21.6 Å². The minimum atomic E-state index is -3.60. The van der Waals surface area contributed by atoms with E-state index < -0.39 is 10.0 Å². The molecule has 1 N–H and O–H groups in total. The number of ether oxygens (including phenoxy) is 1. The van der Waals surface area contributed by atoms with Crippen molar-refractivity contribution in [3.05, 3.63) is 28.8 Å². The lowest BCUT2D eigenvalue weighted by molar-refractivity contribution is -0.0170. The normalized spacial score (nSPS) is 24.8. The van der Waals surface area contributed by atoms with Gasteiger partial charge in [-0.15, -0.1) is 0 Å². The number of sulfonamides is 1. The average molecular weight is 320 g/mol. The number of nitrogens with zero attached hydrogens (tertiary/aromatic N) is 1. The third-order valence-electron chi connectivity index (χ3n) is 3.35. The molecule has 1 saturated heterocycles. The van der Waals surface area contributed by atoms with Gasteiger partial charge in [-0.3, -0.25) is 0 Å². The molecular formula is C13H18ClNO4S. The van der Waals surface area contributed by atoms with E-state index in [4.69, 9.17) is 21.4 Å². The number of aliphatic hydroxyl groups is 1. The minimum absolute atomic E-state index is 0.131. The van der Waals surface area contributed by atoms with Crippen LogP contribution >= 0.6 is 11.6 Å². The summed E-state index contributed by atoms with van der Waals surface area (Å²) in [6.07, 6.45) is -0.131. The van der Waals surface area contributed by atoms with Gasteiger partial charge in [0.25, 0.3) is 0 Å². The monoisotopic (exact) mass is 319 g/mol. The van der Waals surface area contributed by atoms with Crippen molar-refractivity contribution in [2.75, 3.05) is 13.2 Å². The molecular weight excluding hydrogens is 302 g/mol. The van der Waals surface area contributed by atoms with Crippen molar-refractivity contribution in [2.24, 2.45) is 0 Å². The maximum atomic E-state index is 12.6. The molecule has 0 aliphatic carbocycles. The number of morpholine rings is 1. The fourth-order valence-electron chi connectivity index (χ4n) is 2.16. The third kappa shape index (κ3) is 2.99. The van der Waals surface area contributed by atoms with E-state index in [0.717, 1.165) is 0 Å². The lowest BCUT2D eigenvalue weighted by atomic mass is 10.2. The first-order valence-corrected chi connectivity index (χ1v) is 8.20. The predicted molar refractivity (Wildman–Crippen MR) is 76.1 cm³/mol. The van der Waals surface area contributed by atoms with Crippen LogP contribution in [0, 0.1) is 0 Å². The van der Waals surface area contributed by atoms with Gasteiger partial charge in [-0.05, 0) is 31.5 Å². The van der Waals surface area contributed by atoms with Crippen LogP contribution in [0.15, 0.2) is 23.1 Å². The largest absolute Gasteiger partial charge is 0.392 e. The summed E-state index contributed by atoms with van der Waals surface area (Å²) < 4.78 is 32.2. The Bertz CT molecular complexity index is 590. The molecule has 112 valence electrons. The molecule has 0 aromatic heterocycles. The van der Waals surface area contributed by atoms with Crippen molar-refractivity contribution < 1.29 is 18.3 Å². The highest BCUT2D eigenvalue weighted by molar-refractivity contribution is 7.89. The second kappa shape index (κ2) is 5.99. The van der Waals surface area contributed by atoms with Gasteiger partial charge in [0.15, 0.2) is 0 Å². The molecule has 2 rings (SSSR count). The van der Waals surface area contributed by atoms with Crippen molar-refractivity contribution in [1.29, 1.82) is 0 Å². The predicted octanol–water partition coefficient (Wildman–Crippen LogP) is 1.63. The van der Waals surface area contributed by atoms with E-state index in [1.54, 1.807) is 0 Å². The van der Waals surface area contributed by atoms with Gasteiger partial charge < -0.3 is 9.84 Å². The summed E-state index contributed by atoms with van der Waals surface area (Å²) in [4.78, 5) is 0.139. The number of rotatable bonds is 3. The van der Waals surface area contributed by atoms with Gasteiger partial charge in [0.05, 0.1) is 24.2 Å². The molecule has 1 heterocycles. The quantitative estimate of drug-likeness (QED) is 0.919. The molecule has 1 aliphatic rings. The molecule has 0 amide bonds. The Kier molecular flexibility index (Phi) is 4.71. The average Bonchev–Trinajstić information content (AvgIpc) is 2.41. The number of benzene rings is 1. The first kappa shape index (κ1) is 15.7. The van der Waals surface area contributed by atoms with Crippen LogP contribution in [0.3, 0.4) is 0 Å². The Morgan fingerprint density at radius 2 is 2.15 bits per heavy atom. The van der Waals surface area contributed by atoms with Gasteiger partial charge in [-0.1, -0.05) is 17.7 Å². The number of hydrogen-bond donors (Lipinski definition) is 1. The van der Waals surface area contributed by atoms with Gasteiger partial charge in [-0.2, -0.15) is 4.31 Å². The van der Waals surface area contributed by atoms with Gasteiger partial charge in [0.1, 0.15) is 0 Å². The van der Waals surface area contributed by atoms with Crippen LogP contribution in [-0.4, -0.2) is 43.1 Å². The standard InChI is InChI=1S/C13H18ClNO4S/c1-9-8-19-10(2)6-15(9)20(17,18)12-4-3-11(7-16)13(14)5-12/h3-5,9-10,16H,6-8H2,1-2H3. The topological polar surface area (TPSA) is 66.8 Å². The lowest BCUT2D eigenvalue weighted by Gasteiger charge is -2.35. The van der Waals surface area contributed by atoms with Crippen molar-refractivity contribution in [2.45, 2.75) is 37.5 Å². The van der Waals surface area contributed by atoms with Crippen molar-refractivity contribution in [3.63, 3.8) is 0 Å². The van der Waals surface area contributed by atoms with E-state index >= 15 is 0 Å². The first-order chi connectivity index (χ1) is 9.36. The van der Waals surface area contributed by atoms with Crippen LogP contribution < -0.4 is 0 Å². The van der Waals surface area contributed by atoms with E-state index in [2.05, 4.69) is 0 Å². The van der Waals surface area contributed by atoms with Crippen LogP contribution in [0.2, 0.25) is 5.02 Å². The second-order valence-corrected chi connectivity index (χ2v) is 7.28. The SMILES string of the molecule is CC1CN(S(=O)(=O)c2ccc(CO)c(Cl)c2)C(C)CO1. The number of aliphatic hydroxyl groups excluding tert-OH is 1. The molecule has 0 bridgehead atoms. The maximum Gasteiger partial charge on any atom is 0.243 e. The summed E-state index contributed by atoms with van der Waals surface area (Å²) in [7, 11) is -3.60. The van der Waals surface area contributed by atoms with E-state index in [1.165, 1.54) is 22.5 Å². The molecule has 1 aliphatic heterocycles. The van der Waals surface area contributed by atoms with Crippen molar-refractivity contribution in [1.82, 2.24) is 4.31 Å². The van der Waals surface area contributed by atoms with Gasteiger partial charge >= 0.3 is 0 Å². The van der Waals surface area contributed by atoms with Gasteiger partial charge in [0.2, 0.25) is 10.0 Å². The van der Waals surface area contributed by atoms with Crippen LogP contribution in [0.5, 0.6) is 0 Å². The lowest BCUT2D eigenvalue weighted by Crippen LogP contribution is -2.50. The van der Waals surface area contributed by atoms with E-state index in [1.807, 2.05) is 13.8 Å². The Labute approximate surface area is 124 Å². The number of hydrogen-bond acceptors (Lipinski definition) is 4. The molecule has 1 fully saturated rings. The number of halogens is 1. The molecule has 5 nitrogen and oxygen atoms in total. The van der Waals surface area contributed by atoms with Gasteiger partial charge in [0, 0.05) is 17.6 Å². The fraction of sp³-hybridized carbons (Fsp3) is 0.538. The highest BCUT2D eigenvalue weighted by atomic mass is 35.5. The molecule has 2 atom stereocenters. The molecule has 0 saturated carbocycles. The summed E-state index contributed by atoms with van der Waals surface area (Å²) in [5.74, 6) is 0. The van der Waals surface area contributed by atoms with Crippen LogP contribution in [-0.2, 0) is 21.4 Å². The highest BCUT2D eigenvalue weighted by Gasteiger charge is 2.34. The van der Waals surface area contributed by atoms with Crippen molar-refractivity contribution in [3.8, 4) is 0 Å².